The molecule has 0 amide bonds. The number of hydrogen-bond donors (Lipinski definition) is 2. The lowest BCUT2D eigenvalue weighted by molar-refractivity contribution is 0.192. The summed E-state index contributed by atoms with van der Waals surface area (Å²) < 4.78 is 31.7. The van der Waals surface area contributed by atoms with Crippen molar-refractivity contribution in [3.8, 4) is 0 Å². The Hall–Kier alpha value is -0.470. The highest BCUT2D eigenvalue weighted by atomic mass is 32.2. The third-order valence-corrected chi connectivity index (χ3v) is 5.33. The summed E-state index contributed by atoms with van der Waals surface area (Å²) in [6, 6.07) is 1.74. The van der Waals surface area contributed by atoms with Crippen LogP contribution in [-0.2, 0) is 21.3 Å². The molecular formula is C13H24N2O3S2. The van der Waals surface area contributed by atoms with E-state index < -0.39 is 10.0 Å². The molecule has 0 fully saturated rings. The molecule has 0 spiro atoms. The number of ether oxygens (including phenoxy) is 1. The Morgan fingerprint density at radius 3 is 2.80 bits per heavy atom. The third-order valence-electron chi connectivity index (χ3n) is 2.81. The predicted molar refractivity (Wildman–Crippen MR) is 82.6 cm³/mol. The SMILES string of the molecule is CCNCc1cc(S(=O)(=O)NCCCCCOC)cs1. The Bertz CT molecular complexity index is 472. The Kier molecular flexibility index (Phi) is 8.32. The van der Waals surface area contributed by atoms with Crippen LogP contribution in [0.3, 0.4) is 0 Å². The zero-order valence-electron chi connectivity index (χ0n) is 12.1. The van der Waals surface area contributed by atoms with Crippen molar-refractivity contribution < 1.29 is 13.2 Å². The molecule has 0 saturated heterocycles. The molecular weight excluding hydrogens is 296 g/mol. The maximum atomic E-state index is 12.1. The van der Waals surface area contributed by atoms with Crippen LogP contribution in [0.2, 0.25) is 0 Å². The van der Waals surface area contributed by atoms with Gasteiger partial charge in [0, 0.05) is 37.1 Å². The number of thiophene rings is 1. The summed E-state index contributed by atoms with van der Waals surface area (Å²) in [6.07, 6.45) is 2.76. The van der Waals surface area contributed by atoms with E-state index in [0.29, 0.717) is 18.0 Å². The van der Waals surface area contributed by atoms with E-state index in [4.69, 9.17) is 4.74 Å². The monoisotopic (exact) mass is 320 g/mol. The largest absolute Gasteiger partial charge is 0.385 e. The molecule has 20 heavy (non-hydrogen) atoms. The first-order valence-electron chi connectivity index (χ1n) is 6.87. The van der Waals surface area contributed by atoms with Crippen LogP contribution in [0.5, 0.6) is 0 Å². The van der Waals surface area contributed by atoms with E-state index in [-0.39, 0.29) is 0 Å². The van der Waals surface area contributed by atoms with E-state index in [1.54, 1.807) is 18.6 Å². The molecule has 2 N–H and O–H groups in total. The zero-order valence-corrected chi connectivity index (χ0v) is 13.8. The Labute approximate surface area is 125 Å². The molecule has 0 aliphatic heterocycles. The summed E-state index contributed by atoms with van der Waals surface area (Å²) in [5, 5.41) is 4.88. The van der Waals surface area contributed by atoms with Gasteiger partial charge in [-0.05, 0) is 31.9 Å². The molecule has 0 radical (unpaired) electrons. The summed E-state index contributed by atoms with van der Waals surface area (Å²) in [4.78, 5) is 1.40. The van der Waals surface area contributed by atoms with Crippen molar-refractivity contribution in [2.24, 2.45) is 0 Å². The molecule has 0 saturated carbocycles. The molecule has 0 atom stereocenters. The van der Waals surface area contributed by atoms with E-state index in [9.17, 15) is 8.42 Å². The minimum absolute atomic E-state index is 0.368. The van der Waals surface area contributed by atoms with Gasteiger partial charge in [0.1, 0.15) is 0 Å². The number of rotatable bonds is 11. The van der Waals surface area contributed by atoms with Crippen LogP contribution in [0.25, 0.3) is 0 Å². The summed E-state index contributed by atoms with van der Waals surface area (Å²) in [5.41, 5.74) is 0. The zero-order chi connectivity index (χ0) is 14.8. The van der Waals surface area contributed by atoms with E-state index in [1.165, 1.54) is 11.3 Å². The summed E-state index contributed by atoms with van der Waals surface area (Å²) in [5.74, 6) is 0. The lowest BCUT2D eigenvalue weighted by Crippen LogP contribution is -2.24. The van der Waals surface area contributed by atoms with Crippen molar-refractivity contribution in [2.75, 3.05) is 26.8 Å². The normalized spacial score (nSPS) is 11.9. The second kappa shape index (κ2) is 9.46. The van der Waals surface area contributed by atoms with E-state index >= 15 is 0 Å². The van der Waals surface area contributed by atoms with Crippen molar-refractivity contribution in [1.82, 2.24) is 10.0 Å². The van der Waals surface area contributed by atoms with Gasteiger partial charge in [-0.15, -0.1) is 11.3 Å². The Morgan fingerprint density at radius 1 is 1.30 bits per heavy atom. The maximum Gasteiger partial charge on any atom is 0.241 e. The lowest BCUT2D eigenvalue weighted by atomic mass is 10.2. The summed E-state index contributed by atoms with van der Waals surface area (Å²) in [6.45, 7) is 4.82. The molecule has 0 bridgehead atoms. The molecule has 1 aromatic rings. The molecule has 1 rings (SSSR count). The topological polar surface area (TPSA) is 67.4 Å². The quantitative estimate of drug-likeness (QED) is 0.612. The van der Waals surface area contributed by atoms with Gasteiger partial charge in [0.25, 0.3) is 0 Å². The number of methoxy groups -OCH3 is 1. The second-order valence-electron chi connectivity index (χ2n) is 4.48. The maximum absolute atomic E-state index is 12.1. The van der Waals surface area contributed by atoms with E-state index in [1.807, 2.05) is 6.92 Å². The molecule has 1 heterocycles. The van der Waals surface area contributed by atoms with Gasteiger partial charge in [-0.2, -0.15) is 0 Å². The fourth-order valence-corrected chi connectivity index (χ4v) is 4.00. The number of sulfonamides is 1. The highest BCUT2D eigenvalue weighted by molar-refractivity contribution is 7.89. The van der Waals surface area contributed by atoms with Crippen molar-refractivity contribution in [1.29, 1.82) is 0 Å². The fourth-order valence-electron chi connectivity index (χ4n) is 1.68. The van der Waals surface area contributed by atoms with Crippen LogP contribution < -0.4 is 10.0 Å². The molecule has 1 aromatic heterocycles. The highest BCUT2D eigenvalue weighted by Crippen LogP contribution is 2.19. The van der Waals surface area contributed by atoms with E-state index in [0.717, 1.165) is 37.3 Å². The van der Waals surface area contributed by atoms with Crippen LogP contribution in [0.1, 0.15) is 31.1 Å². The van der Waals surface area contributed by atoms with Crippen LogP contribution >= 0.6 is 11.3 Å². The van der Waals surface area contributed by atoms with Gasteiger partial charge in [0.2, 0.25) is 10.0 Å². The average Bonchev–Trinajstić information content (AvgIpc) is 2.90. The molecule has 0 aliphatic carbocycles. The van der Waals surface area contributed by atoms with Crippen molar-refractivity contribution in [2.45, 2.75) is 37.6 Å². The van der Waals surface area contributed by atoms with Gasteiger partial charge in [-0.25, -0.2) is 13.1 Å². The molecule has 116 valence electrons. The standard InChI is InChI=1S/C13H24N2O3S2/c1-3-14-10-12-9-13(11-19-12)20(16,17)15-7-5-4-6-8-18-2/h9,11,14-15H,3-8,10H2,1-2H3. The van der Waals surface area contributed by atoms with Crippen molar-refractivity contribution in [3.63, 3.8) is 0 Å². The molecule has 7 heteroatoms. The third kappa shape index (κ3) is 6.32. The first-order valence-corrected chi connectivity index (χ1v) is 9.23. The number of nitrogens with one attached hydrogen (secondary N) is 2. The van der Waals surface area contributed by atoms with Crippen molar-refractivity contribution in [3.05, 3.63) is 16.3 Å². The summed E-state index contributed by atoms with van der Waals surface area (Å²) in [7, 11) is -1.68. The average molecular weight is 320 g/mol. The lowest BCUT2D eigenvalue weighted by Gasteiger charge is -2.04. The van der Waals surface area contributed by atoms with Crippen LogP contribution in [-0.4, -0.2) is 35.2 Å². The number of hydrogen-bond acceptors (Lipinski definition) is 5. The van der Waals surface area contributed by atoms with Crippen LogP contribution in [0.15, 0.2) is 16.3 Å². The fraction of sp³-hybridized carbons (Fsp3) is 0.692. The molecule has 0 aromatic carbocycles. The van der Waals surface area contributed by atoms with Gasteiger partial charge in [-0.1, -0.05) is 6.92 Å². The molecule has 0 aliphatic rings. The van der Waals surface area contributed by atoms with E-state index in [2.05, 4.69) is 10.0 Å². The summed E-state index contributed by atoms with van der Waals surface area (Å²) >= 11 is 1.47. The van der Waals surface area contributed by atoms with Crippen molar-refractivity contribution >= 4 is 21.4 Å². The highest BCUT2D eigenvalue weighted by Gasteiger charge is 2.15. The minimum atomic E-state index is -3.36. The number of unbranched alkanes of at least 4 members (excludes halogenated alkanes) is 2. The van der Waals surface area contributed by atoms with Gasteiger partial charge in [0.05, 0.1) is 4.90 Å². The Morgan fingerprint density at radius 2 is 2.10 bits per heavy atom. The second-order valence-corrected chi connectivity index (χ2v) is 7.24. The minimum Gasteiger partial charge on any atom is -0.385 e. The van der Waals surface area contributed by atoms with Gasteiger partial charge in [0.15, 0.2) is 0 Å². The smallest absolute Gasteiger partial charge is 0.241 e. The molecule has 5 nitrogen and oxygen atoms in total. The Balaban J connectivity index is 2.38. The van der Waals surface area contributed by atoms with Gasteiger partial charge < -0.3 is 10.1 Å². The van der Waals surface area contributed by atoms with Gasteiger partial charge in [-0.3, -0.25) is 0 Å². The molecule has 0 unspecified atom stereocenters. The van der Waals surface area contributed by atoms with Crippen LogP contribution in [0.4, 0.5) is 0 Å². The first kappa shape index (κ1) is 17.6. The van der Waals surface area contributed by atoms with Gasteiger partial charge >= 0.3 is 0 Å². The van der Waals surface area contributed by atoms with Crippen LogP contribution in [0, 0.1) is 0 Å². The first-order chi connectivity index (χ1) is 9.60. The predicted octanol–water partition coefficient (Wildman–Crippen LogP) is 1.95.